The highest BCUT2D eigenvalue weighted by Gasteiger charge is 2.38. The van der Waals surface area contributed by atoms with Gasteiger partial charge in [0.25, 0.3) is 22.9 Å². The number of benzene rings is 2. The largest absolute Gasteiger partial charge is 0.485 e. The summed E-state index contributed by atoms with van der Waals surface area (Å²) >= 11 is 18.2. The van der Waals surface area contributed by atoms with Crippen LogP contribution in [0.1, 0.15) is 59.5 Å². The molecule has 4 aromatic heterocycles. The monoisotopic (exact) mass is 1060 g/mol. The first-order valence-corrected chi connectivity index (χ1v) is 24.7. The molecule has 0 unspecified atom stereocenters. The molecule has 4 amide bonds. The zero-order valence-electron chi connectivity index (χ0n) is 40.7. The molecule has 2 aromatic carbocycles. The number of rotatable bonds is 12. The number of carbonyl (C=O) groups excluding carboxylic acids is 4. The molecular weight excluding hydrogens is 1000 g/mol. The van der Waals surface area contributed by atoms with Crippen LogP contribution in [0.2, 0.25) is 15.1 Å². The number of hydrogen-bond acceptors (Lipinski definition) is 12. The lowest BCUT2D eigenvalue weighted by Gasteiger charge is -2.45. The van der Waals surface area contributed by atoms with E-state index in [9.17, 15) is 28.8 Å². The highest BCUT2D eigenvalue weighted by Crippen LogP contribution is 2.31. The number of likely N-dealkylation sites (tertiary alicyclic amines) is 2. The van der Waals surface area contributed by atoms with Gasteiger partial charge in [-0.1, -0.05) is 86.8 Å². The van der Waals surface area contributed by atoms with Crippen LogP contribution in [0, 0.1) is 10.8 Å². The molecule has 0 saturated carbocycles. The second-order valence-electron chi connectivity index (χ2n) is 19.9. The SMILES string of the molecule is CC1(C)CN(C(=O)Cn2c(=O)c(C(=O)NCc3ccc(Cl)cc3)cc3c(Cl)ccnc32)C1.CC1(C)CN(C(=O)Cn2c(=O)c(C(=O)NCc3ccc(Cl)cc3)cc3c(OC4COC4)ccnc32)C1.OC1COC1. The van der Waals surface area contributed by atoms with Crippen molar-refractivity contribution in [3.05, 3.63) is 143 Å². The van der Waals surface area contributed by atoms with Gasteiger partial charge in [-0.2, -0.15) is 0 Å². The van der Waals surface area contributed by atoms with Crippen LogP contribution in [0.3, 0.4) is 0 Å². The molecule has 4 fully saturated rings. The van der Waals surface area contributed by atoms with Crippen LogP contribution in [0.25, 0.3) is 22.1 Å². The van der Waals surface area contributed by atoms with Crippen LogP contribution in [0.15, 0.2) is 94.8 Å². The maximum atomic E-state index is 13.5. The lowest BCUT2D eigenvalue weighted by molar-refractivity contribution is -0.142. The van der Waals surface area contributed by atoms with Gasteiger partial charge in [0.15, 0.2) is 0 Å². The van der Waals surface area contributed by atoms with E-state index in [1.807, 2.05) is 0 Å². The smallest absolute Gasteiger partial charge is 0.265 e. The van der Waals surface area contributed by atoms with Gasteiger partial charge in [0, 0.05) is 67.1 Å². The van der Waals surface area contributed by atoms with Gasteiger partial charge in [-0.25, -0.2) is 9.97 Å². The predicted molar refractivity (Wildman–Crippen MR) is 275 cm³/mol. The molecule has 4 aliphatic heterocycles. The summed E-state index contributed by atoms with van der Waals surface area (Å²) in [6, 6.07) is 20.3. The number of nitrogens with one attached hydrogen (secondary N) is 2. The van der Waals surface area contributed by atoms with Crippen molar-refractivity contribution in [1.29, 1.82) is 0 Å². The number of aliphatic hydroxyl groups excluding tert-OH is 1. The van der Waals surface area contributed by atoms with Crippen molar-refractivity contribution in [1.82, 2.24) is 39.5 Å². The molecule has 10 rings (SSSR count). The van der Waals surface area contributed by atoms with E-state index >= 15 is 0 Å². The first-order chi connectivity index (χ1) is 34.7. The minimum atomic E-state index is -0.589. The van der Waals surface area contributed by atoms with Crippen LogP contribution < -0.4 is 26.5 Å². The summed E-state index contributed by atoms with van der Waals surface area (Å²) in [4.78, 5) is 90.5. The lowest BCUT2D eigenvalue weighted by atomic mass is 9.84. The fourth-order valence-electron chi connectivity index (χ4n) is 8.44. The van der Waals surface area contributed by atoms with Crippen LogP contribution in [-0.2, 0) is 45.2 Å². The number of pyridine rings is 4. The number of carbonyl (C=O) groups is 4. The third-order valence-corrected chi connectivity index (χ3v) is 13.2. The molecule has 73 heavy (non-hydrogen) atoms. The topological polar surface area (TPSA) is 217 Å². The molecule has 18 nitrogen and oxygen atoms in total. The molecule has 0 spiro atoms. The van der Waals surface area contributed by atoms with Crippen LogP contribution in [0.5, 0.6) is 5.75 Å². The summed E-state index contributed by atoms with van der Waals surface area (Å²) in [5.41, 5.74) is 0.984. The maximum Gasteiger partial charge on any atom is 0.265 e. The zero-order chi connectivity index (χ0) is 52.2. The summed E-state index contributed by atoms with van der Waals surface area (Å²) in [6.45, 7) is 12.8. The van der Waals surface area contributed by atoms with E-state index in [0.29, 0.717) is 89.8 Å². The number of halogens is 3. The van der Waals surface area contributed by atoms with Gasteiger partial charge in [0.05, 0.1) is 36.8 Å². The number of amides is 4. The first kappa shape index (κ1) is 52.9. The van der Waals surface area contributed by atoms with Gasteiger partial charge in [0.2, 0.25) is 11.8 Å². The Balaban J connectivity index is 0.000000179. The minimum Gasteiger partial charge on any atom is -0.485 e. The van der Waals surface area contributed by atoms with Gasteiger partial charge in [-0.15, -0.1) is 0 Å². The van der Waals surface area contributed by atoms with Crippen molar-refractivity contribution in [2.24, 2.45) is 10.8 Å². The third kappa shape index (κ3) is 12.9. The Morgan fingerprint density at radius 2 is 1.05 bits per heavy atom. The van der Waals surface area contributed by atoms with E-state index in [1.54, 1.807) is 70.5 Å². The van der Waals surface area contributed by atoms with Gasteiger partial charge in [-0.3, -0.25) is 37.9 Å². The van der Waals surface area contributed by atoms with Crippen molar-refractivity contribution in [2.75, 3.05) is 52.6 Å². The van der Waals surface area contributed by atoms with Crippen LogP contribution in [0.4, 0.5) is 0 Å². The molecule has 4 aliphatic rings. The molecule has 8 heterocycles. The summed E-state index contributed by atoms with van der Waals surface area (Å²) < 4.78 is 18.3. The number of hydrogen-bond donors (Lipinski definition) is 3. The minimum absolute atomic E-state index is 0.0518. The van der Waals surface area contributed by atoms with E-state index < -0.39 is 22.9 Å². The molecule has 0 radical (unpaired) electrons. The Labute approximate surface area is 435 Å². The summed E-state index contributed by atoms with van der Waals surface area (Å²) in [6.07, 6.45) is 2.72. The fourth-order valence-corrected chi connectivity index (χ4v) is 8.89. The van der Waals surface area contributed by atoms with Crippen LogP contribution >= 0.6 is 34.8 Å². The normalized spacial score (nSPS) is 16.5. The Hall–Kier alpha value is -6.41. The van der Waals surface area contributed by atoms with E-state index in [4.69, 9.17) is 49.4 Å². The molecule has 3 N–H and O–H groups in total. The second-order valence-corrected chi connectivity index (χ2v) is 21.2. The van der Waals surface area contributed by atoms with E-state index in [0.717, 1.165) is 11.1 Å². The van der Waals surface area contributed by atoms with Gasteiger partial charge >= 0.3 is 0 Å². The molecule has 21 heteroatoms. The molecule has 6 aromatic rings. The molecule has 4 saturated heterocycles. The van der Waals surface area contributed by atoms with E-state index in [1.165, 1.54) is 33.7 Å². The Morgan fingerprint density at radius 3 is 1.45 bits per heavy atom. The van der Waals surface area contributed by atoms with E-state index in [-0.39, 0.29) is 77.8 Å². The number of aliphatic hydroxyl groups is 1. The molecule has 0 atom stereocenters. The first-order valence-electron chi connectivity index (χ1n) is 23.6. The second kappa shape index (κ2) is 22.4. The van der Waals surface area contributed by atoms with E-state index in [2.05, 4.69) is 53.0 Å². The molecular formula is C52H55Cl3N8O10. The highest BCUT2D eigenvalue weighted by atomic mass is 35.5. The summed E-state index contributed by atoms with van der Waals surface area (Å²) in [7, 11) is 0. The Bertz CT molecular complexity index is 3160. The van der Waals surface area contributed by atoms with Crippen LogP contribution in [-0.4, -0.2) is 122 Å². The predicted octanol–water partition coefficient (Wildman–Crippen LogP) is 5.51. The quantitative estimate of drug-likeness (QED) is 0.138. The summed E-state index contributed by atoms with van der Waals surface area (Å²) in [5, 5.41) is 16.3. The number of ether oxygens (including phenoxy) is 3. The number of aromatic nitrogens is 4. The van der Waals surface area contributed by atoms with Crippen molar-refractivity contribution in [2.45, 2.75) is 66.1 Å². The fraction of sp³-hybridized carbons (Fsp3) is 0.385. The zero-order valence-corrected chi connectivity index (χ0v) is 42.9. The highest BCUT2D eigenvalue weighted by molar-refractivity contribution is 6.35. The van der Waals surface area contributed by atoms with Crippen molar-refractivity contribution in [3.8, 4) is 5.75 Å². The summed E-state index contributed by atoms with van der Waals surface area (Å²) in [5.74, 6) is -1.03. The molecule has 0 aliphatic carbocycles. The van der Waals surface area contributed by atoms with Gasteiger partial charge in [0.1, 0.15) is 53.5 Å². The van der Waals surface area contributed by atoms with Gasteiger partial charge < -0.3 is 39.8 Å². The lowest BCUT2D eigenvalue weighted by Crippen LogP contribution is -2.56. The maximum absolute atomic E-state index is 13.5. The number of nitrogens with zero attached hydrogens (tertiary/aromatic N) is 6. The average molecular weight is 1060 g/mol. The number of fused-ring (bicyclic) bond motifs is 2. The Morgan fingerprint density at radius 1 is 0.644 bits per heavy atom. The third-order valence-electron chi connectivity index (χ3n) is 12.4. The average Bonchev–Trinajstić information content (AvgIpc) is 3.31. The van der Waals surface area contributed by atoms with Gasteiger partial charge in [-0.05, 0) is 70.5 Å². The van der Waals surface area contributed by atoms with Crippen molar-refractivity contribution >= 4 is 80.5 Å². The van der Waals surface area contributed by atoms with Crippen molar-refractivity contribution in [3.63, 3.8) is 0 Å². The standard InChI is InChI=1S/C26H27ClN4O5.C23H22Cl2N4O3.C3H6O2/c1-26(2)14-30(15-26)22(32)11-31-23-19(21(7-8-28-23)36-18-12-35-13-18)9-20(25(31)34)24(33)29-10-16-3-5-17(27)6-4-16;1-23(2)12-28(13-23)19(30)11-29-20-16(18(25)7-8-26-20)9-17(22(29)32)21(31)27-10-14-3-5-15(24)6-4-14;4-3-1-5-2-3/h3-9,18H,10-15H2,1-2H3,(H,29,33);3-9H,10-13H2,1-2H3,(H,27,31);3-4H,1-2H2. The van der Waals surface area contributed by atoms with Crippen molar-refractivity contribution < 1.29 is 38.5 Å². The molecule has 0 bridgehead atoms. The Kier molecular flexibility index (Phi) is 16.2. The molecule has 384 valence electrons.